The molecule has 0 saturated heterocycles. The molecule has 0 aromatic carbocycles. The Kier molecular flexibility index (Phi) is 4.67. The van der Waals surface area contributed by atoms with Gasteiger partial charge in [0.05, 0.1) is 12.9 Å². The number of hydrogen-bond donors (Lipinski definition) is 2. The third-order valence-corrected chi connectivity index (χ3v) is 2.10. The molecule has 9 heteroatoms. The first-order valence-corrected chi connectivity index (χ1v) is 5.32. The van der Waals surface area contributed by atoms with Crippen molar-refractivity contribution in [2.45, 2.75) is 13.8 Å². The summed E-state index contributed by atoms with van der Waals surface area (Å²) < 4.78 is 5.13. The Balaban J connectivity index is 0.000000232. The van der Waals surface area contributed by atoms with Gasteiger partial charge in [0.15, 0.2) is 11.2 Å². The molecule has 0 saturated carbocycles. The number of anilines is 1. The van der Waals surface area contributed by atoms with Crippen molar-refractivity contribution < 1.29 is 9.53 Å². The fourth-order valence-electron chi connectivity index (χ4n) is 1.09. The van der Waals surface area contributed by atoms with Crippen molar-refractivity contribution in [1.29, 1.82) is 0 Å². The van der Waals surface area contributed by atoms with Crippen molar-refractivity contribution >= 4 is 34.9 Å². The standard InChI is InChI=1S/C5H4ClN5O.C4H8O2/c6-11-4(12)2-3(9-1-8-2)10-5(11)7;1-3-6-4(2)5/h1H,(H2,7,10)(H,8,9);3H2,1-2H3. The van der Waals surface area contributed by atoms with Gasteiger partial charge in [0.1, 0.15) is 0 Å². The van der Waals surface area contributed by atoms with Gasteiger partial charge in [0, 0.05) is 18.7 Å². The second kappa shape index (κ2) is 6.01. The van der Waals surface area contributed by atoms with Crippen LogP contribution in [-0.4, -0.2) is 31.6 Å². The molecule has 0 spiro atoms. The van der Waals surface area contributed by atoms with Crippen LogP contribution in [0, 0.1) is 0 Å². The van der Waals surface area contributed by atoms with Gasteiger partial charge in [-0.05, 0) is 6.92 Å². The molecule has 0 aliphatic carbocycles. The Labute approximate surface area is 107 Å². The van der Waals surface area contributed by atoms with E-state index in [0.717, 1.165) is 4.09 Å². The van der Waals surface area contributed by atoms with Crippen LogP contribution in [0.5, 0.6) is 0 Å². The van der Waals surface area contributed by atoms with Gasteiger partial charge in [0.25, 0.3) is 5.56 Å². The van der Waals surface area contributed by atoms with Gasteiger partial charge >= 0.3 is 5.97 Å². The van der Waals surface area contributed by atoms with Gasteiger partial charge in [-0.3, -0.25) is 9.59 Å². The molecule has 2 heterocycles. The molecule has 0 atom stereocenters. The van der Waals surface area contributed by atoms with E-state index in [4.69, 9.17) is 17.5 Å². The monoisotopic (exact) mass is 273 g/mol. The third-order valence-electron chi connectivity index (χ3n) is 1.78. The molecule has 0 fully saturated rings. The highest BCUT2D eigenvalue weighted by molar-refractivity contribution is 6.16. The summed E-state index contributed by atoms with van der Waals surface area (Å²) in [6.07, 6.45) is 1.36. The number of fused-ring (bicyclic) bond motifs is 1. The summed E-state index contributed by atoms with van der Waals surface area (Å²) >= 11 is 5.48. The van der Waals surface area contributed by atoms with Crippen molar-refractivity contribution in [3.63, 3.8) is 0 Å². The quantitative estimate of drug-likeness (QED) is 0.721. The van der Waals surface area contributed by atoms with Gasteiger partial charge in [-0.1, -0.05) is 0 Å². The van der Waals surface area contributed by atoms with Crippen molar-refractivity contribution in [1.82, 2.24) is 19.0 Å². The summed E-state index contributed by atoms with van der Waals surface area (Å²) in [5, 5.41) is 0. The number of nitrogens with two attached hydrogens (primary N) is 1. The van der Waals surface area contributed by atoms with Crippen LogP contribution in [0.25, 0.3) is 11.2 Å². The minimum absolute atomic E-state index is 0.0570. The Bertz CT molecular complexity index is 606. The van der Waals surface area contributed by atoms with Crippen molar-refractivity contribution in [2.24, 2.45) is 0 Å². The number of halogens is 1. The molecule has 18 heavy (non-hydrogen) atoms. The Morgan fingerprint density at radius 3 is 2.83 bits per heavy atom. The molecule has 98 valence electrons. The predicted octanol–water partition coefficient (Wildman–Crippen LogP) is 0.273. The largest absolute Gasteiger partial charge is 0.466 e. The lowest BCUT2D eigenvalue weighted by Gasteiger charge is -1.96. The first-order valence-electron chi connectivity index (χ1n) is 4.98. The maximum Gasteiger partial charge on any atom is 0.302 e. The van der Waals surface area contributed by atoms with Crippen molar-refractivity contribution in [2.75, 3.05) is 12.3 Å². The van der Waals surface area contributed by atoms with Crippen LogP contribution in [0.2, 0.25) is 0 Å². The number of aromatic amines is 1. The Morgan fingerprint density at radius 1 is 1.67 bits per heavy atom. The van der Waals surface area contributed by atoms with Gasteiger partial charge in [-0.15, -0.1) is 0 Å². The first kappa shape index (κ1) is 14.0. The van der Waals surface area contributed by atoms with Crippen LogP contribution in [0.4, 0.5) is 5.95 Å². The molecule has 2 aromatic rings. The highest BCUT2D eigenvalue weighted by Gasteiger charge is 2.07. The summed E-state index contributed by atoms with van der Waals surface area (Å²) in [5.74, 6) is -0.268. The Morgan fingerprint density at radius 2 is 2.33 bits per heavy atom. The summed E-state index contributed by atoms with van der Waals surface area (Å²) in [5.41, 5.74) is 5.37. The normalized spacial score (nSPS) is 9.72. The van der Waals surface area contributed by atoms with Crippen LogP contribution in [0.15, 0.2) is 11.1 Å². The molecular weight excluding hydrogens is 262 g/mol. The van der Waals surface area contributed by atoms with Crippen molar-refractivity contribution in [3.05, 3.63) is 16.7 Å². The smallest absolute Gasteiger partial charge is 0.302 e. The van der Waals surface area contributed by atoms with Crippen molar-refractivity contribution in [3.8, 4) is 0 Å². The summed E-state index contributed by atoms with van der Waals surface area (Å²) in [6.45, 7) is 3.65. The molecule has 0 unspecified atom stereocenters. The third kappa shape index (κ3) is 3.20. The maximum atomic E-state index is 11.2. The number of carbonyl (C=O) groups excluding carboxylic acids is 1. The van der Waals surface area contributed by atoms with E-state index in [2.05, 4.69) is 19.7 Å². The summed E-state index contributed by atoms with van der Waals surface area (Å²) in [7, 11) is 0. The van der Waals surface area contributed by atoms with E-state index in [0.29, 0.717) is 12.3 Å². The molecular formula is C9H12ClN5O3. The lowest BCUT2D eigenvalue weighted by atomic mass is 10.5. The lowest BCUT2D eigenvalue weighted by molar-refractivity contribution is -0.140. The van der Waals surface area contributed by atoms with Gasteiger partial charge in [-0.25, -0.2) is 4.98 Å². The fourth-order valence-corrected chi connectivity index (χ4v) is 1.21. The number of nitrogens with one attached hydrogen (secondary N) is 1. The van der Waals surface area contributed by atoms with Gasteiger partial charge < -0.3 is 15.5 Å². The SMILES string of the molecule is CCOC(C)=O.Nc1nc2[nH]cnc2c(=O)n1Cl. The number of hydrogen-bond acceptors (Lipinski definition) is 6. The van der Waals surface area contributed by atoms with E-state index in [9.17, 15) is 9.59 Å². The van der Waals surface area contributed by atoms with E-state index in [1.54, 1.807) is 6.92 Å². The Hall–Kier alpha value is -2.09. The number of nitrogen functional groups attached to an aromatic ring is 1. The van der Waals surface area contributed by atoms with E-state index in [-0.39, 0.29) is 17.4 Å². The number of aromatic nitrogens is 4. The van der Waals surface area contributed by atoms with Gasteiger partial charge in [0.2, 0.25) is 5.95 Å². The number of carbonyl (C=O) groups is 1. The average molecular weight is 274 g/mol. The zero-order valence-electron chi connectivity index (χ0n) is 9.81. The molecule has 0 aliphatic rings. The second-order valence-electron chi connectivity index (χ2n) is 3.08. The highest BCUT2D eigenvalue weighted by atomic mass is 35.5. The zero-order valence-corrected chi connectivity index (χ0v) is 10.6. The number of rotatable bonds is 1. The van der Waals surface area contributed by atoms with Crippen LogP contribution < -0.4 is 11.3 Å². The summed E-state index contributed by atoms with van der Waals surface area (Å²) in [4.78, 5) is 31.2. The number of H-pyrrole nitrogens is 1. The lowest BCUT2D eigenvalue weighted by Crippen LogP contribution is -2.17. The first-order chi connectivity index (χ1) is 8.47. The van der Waals surface area contributed by atoms with Crippen LogP contribution >= 0.6 is 11.8 Å². The predicted molar refractivity (Wildman–Crippen MR) is 66.1 cm³/mol. The highest BCUT2D eigenvalue weighted by Crippen LogP contribution is 2.03. The molecule has 3 N–H and O–H groups in total. The number of imidazole rings is 1. The fraction of sp³-hybridized carbons (Fsp3) is 0.333. The molecule has 0 amide bonds. The molecule has 0 bridgehead atoms. The zero-order chi connectivity index (χ0) is 13.7. The minimum Gasteiger partial charge on any atom is -0.466 e. The van der Waals surface area contributed by atoms with E-state index < -0.39 is 5.56 Å². The average Bonchev–Trinajstić information content (AvgIpc) is 2.75. The van der Waals surface area contributed by atoms with Gasteiger partial charge in [-0.2, -0.15) is 9.07 Å². The summed E-state index contributed by atoms with van der Waals surface area (Å²) in [6, 6.07) is 0. The number of ether oxygens (including phenoxy) is 1. The molecule has 2 rings (SSSR count). The maximum absolute atomic E-state index is 11.2. The van der Waals surface area contributed by atoms with Crippen LogP contribution in [0.3, 0.4) is 0 Å². The molecule has 2 aromatic heterocycles. The van der Waals surface area contributed by atoms with Crippen LogP contribution in [-0.2, 0) is 9.53 Å². The van der Waals surface area contributed by atoms with E-state index in [1.165, 1.54) is 13.3 Å². The number of esters is 1. The molecule has 8 nitrogen and oxygen atoms in total. The van der Waals surface area contributed by atoms with E-state index >= 15 is 0 Å². The van der Waals surface area contributed by atoms with Crippen LogP contribution in [0.1, 0.15) is 13.8 Å². The molecule has 0 aliphatic heterocycles. The molecule has 0 radical (unpaired) electrons. The minimum atomic E-state index is -0.472. The topological polar surface area (TPSA) is 116 Å². The van der Waals surface area contributed by atoms with E-state index in [1.807, 2.05) is 0 Å². The number of nitrogens with zero attached hydrogens (tertiary/aromatic N) is 3. The second-order valence-corrected chi connectivity index (χ2v) is 3.42.